The molecule has 0 saturated heterocycles. The van der Waals surface area contributed by atoms with E-state index in [4.69, 9.17) is 11.6 Å². The maximum atomic E-state index is 13.6. The molecule has 2 aromatic carbocycles. The first kappa shape index (κ1) is 27.0. The molecule has 1 unspecified atom stereocenters. The number of carbonyl (C=O) groups excluding carboxylic acids is 2. The van der Waals surface area contributed by atoms with E-state index in [9.17, 15) is 18.0 Å². The lowest BCUT2D eigenvalue weighted by molar-refractivity contribution is -0.139. The van der Waals surface area contributed by atoms with Gasteiger partial charge in [-0.15, -0.1) is 0 Å². The third-order valence-electron chi connectivity index (χ3n) is 6.47. The van der Waals surface area contributed by atoms with Gasteiger partial charge >= 0.3 is 0 Å². The summed E-state index contributed by atoms with van der Waals surface area (Å²) >= 11 is 6.13. The number of hydrogen-bond acceptors (Lipinski definition) is 4. The van der Waals surface area contributed by atoms with Crippen LogP contribution < -0.4 is 9.62 Å². The zero-order valence-electron chi connectivity index (χ0n) is 20.5. The van der Waals surface area contributed by atoms with Crippen LogP contribution in [-0.4, -0.2) is 56.6 Å². The van der Waals surface area contributed by atoms with Crippen molar-refractivity contribution in [3.8, 4) is 0 Å². The van der Waals surface area contributed by atoms with Crippen molar-refractivity contribution in [2.75, 3.05) is 23.7 Å². The molecule has 35 heavy (non-hydrogen) atoms. The highest BCUT2D eigenvalue weighted by molar-refractivity contribution is 7.92. The van der Waals surface area contributed by atoms with E-state index >= 15 is 0 Å². The summed E-state index contributed by atoms with van der Waals surface area (Å²) in [6.45, 7) is 3.33. The molecule has 0 heterocycles. The normalized spacial score (nSPS) is 15.0. The van der Waals surface area contributed by atoms with Crippen molar-refractivity contribution in [3.05, 3.63) is 64.7 Å². The van der Waals surface area contributed by atoms with Gasteiger partial charge in [-0.1, -0.05) is 60.8 Å². The summed E-state index contributed by atoms with van der Waals surface area (Å²) in [5, 5.41) is 3.43. The molecule has 1 aliphatic rings. The Morgan fingerprint density at radius 2 is 1.77 bits per heavy atom. The maximum absolute atomic E-state index is 13.6. The number of amides is 2. The first-order valence-electron chi connectivity index (χ1n) is 11.9. The average molecular weight is 520 g/mol. The standard InChI is InChI=1S/C26H34ClN3O4S/c1-19-13-14-22(27)17-24(19)30(35(3,33)34)18-25(31)29(16-15-21-9-5-4-6-10-21)20(2)26(32)28-23-11-7-8-12-23/h4-6,9-10,13-14,17,20,23H,7-8,11-12,15-16,18H2,1-3H3,(H,28,32). The van der Waals surface area contributed by atoms with Crippen molar-refractivity contribution in [1.29, 1.82) is 0 Å². The SMILES string of the molecule is Cc1ccc(Cl)cc1N(CC(=O)N(CCc1ccccc1)C(C)C(=O)NC1CCCC1)S(C)(=O)=O. The second kappa shape index (κ2) is 11.9. The van der Waals surface area contributed by atoms with E-state index < -0.39 is 28.5 Å². The lowest BCUT2D eigenvalue weighted by Gasteiger charge is -2.32. The Hall–Kier alpha value is -2.58. The van der Waals surface area contributed by atoms with Gasteiger partial charge in [-0.3, -0.25) is 13.9 Å². The van der Waals surface area contributed by atoms with Gasteiger partial charge in [0.05, 0.1) is 11.9 Å². The molecule has 1 atom stereocenters. The molecule has 0 bridgehead atoms. The molecule has 1 fully saturated rings. The number of aryl methyl sites for hydroxylation is 1. The maximum Gasteiger partial charge on any atom is 0.244 e. The summed E-state index contributed by atoms with van der Waals surface area (Å²) in [5.41, 5.74) is 2.05. The van der Waals surface area contributed by atoms with Crippen LogP contribution in [0.15, 0.2) is 48.5 Å². The lowest BCUT2D eigenvalue weighted by Crippen LogP contribution is -2.53. The minimum absolute atomic E-state index is 0.123. The third kappa shape index (κ3) is 7.45. The van der Waals surface area contributed by atoms with Crippen molar-refractivity contribution < 1.29 is 18.0 Å². The Labute approximate surface area is 213 Å². The van der Waals surface area contributed by atoms with Crippen molar-refractivity contribution in [1.82, 2.24) is 10.2 Å². The van der Waals surface area contributed by atoms with Crippen LogP contribution in [0.25, 0.3) is 0 Å². The molecule has 9 heteroatoms. The number of halogens is 1. The van der Waals surface area contributed by atoms with E-state index in [0.717, 1.165) is 41.8 Å². The van der Waals surface area contributed by atoms with E-state index in [1.165, 1.54) is 11.0 Å². The molecule has 1 N–H and O–H groups in total. The number of nitrogens with zero attached hydrogens (tertiary/aromatic N) is 2. The summed E-state index contributed by atoms with van der Waals surface area (Å²) in [5.74, 6) is -0.664. The zero-order valence-corrected chi connectivity index (χ0v) is 22.1. The highest BCUT2D eigenvalue weighted by atomic mass is 35.5. The molecule has 0 radical (unpaired) electrons. The van der Waals surface area contributed by atoms with Gasteiger partial charge < -0.3 is 10.2 Å². The molecule has 2 amide bonds. The summed E-state index contributed by atoms with van der Waals surface area (Å²) in [4.78, 5) is 28.1. The first-order chi connectivity index (χ1) is 16.6. The monoisotopic (exact) mass is 519 g/mol. The van der Waals surface area contributed by atoms with Gasteiger partial charge in [-0.25, -0.2) is 8.42 Å². The summed E-state index contributed by atoms with van der Waals surface area (Å²) in [6.07, 6.45) is 5.64. The molecule has 190 valence electrons. The minimum atomic E-state index is -3.79. The van der Waals surface area contributed by atoms with Gasteiger partial charge in [-0.05, 0) is 56.4 Å². The van der Waals surface area contributed by atoms with Crippen LogP contribution in [0, 0.1) is 6.92 Å². The topological polar surface area (TPSA) is 86.8 Å². The van der Waals surface area contributed by atoms with Gasteiger partial charge in [0.1, 0.15) is 12.6 Å². The minimum Gasteiger partial charge on any atom is -0.352 e. The predicted molar refractivity (Wildman–Crippen MR) is 140 cm³/mol. The Morgan fingerprint density at radius 1 is 1.11 bits per heavy atom. The Kier molecular flexibility index (Phi) is 9.19. The fraction of sp³-hybridized carbons (Fsp3) is 0.462. The fourth-order valence-corrected chi connectivity index (χ4v) is 5.47. The van der Waals surface area contributed by atoms with Gasteiger partial charge in [0.2, 0.25) is 21.8 Å². The number of benzene rings is 2. The summed E-state index contributed by atoms with van der Waals surface area (Å²) in [7, 11) is -3.79. The van der Waals surface area contributed by atoms with Gasteiger partial charge in [-0.2, -0.15) is 0 Å². The van der Waals surface area contributed by atoms with E-state index in [1.807, 2.05) is 30.3 Å². The molecule has 1 aliphatic carbocycles. The first-order valence-corrected chi connectivity index (χ1v) is 14.2. The Balaban J connectivity index is 1.85. The van der Waals surface area contributed by atoms with Gasteiger partial charge in [0, 0.05) is 17.6 Å². The van der Waals surface area contributed by atoms with Crippen molar-refractivity contribution in [2.24, 2.45) is 0 Å². The summed E-state index contributed by atoms with van der Waals surface area (Å²) in [6, 6.07) is 14.0. The second-order valence-electron chi connectivity index (χ2n) is 9.19. The highest BCUT2D eigenvalue weighted by Gasteiger charge is 2.31. The quantitative estimate of drug-likeness (QED) is 0.515. The van der Waals surface area contributed by atoms with Crippen molar-refractivity contribution in [2.45, 2.75) is 58.0 Å². The van der Waals surface area contributed by atoms with E-state index in [-0.39, 0.29) is 18.5 Å². The van der Waals surface area contributed by atoms with E-state index in [0.29, 0.717) is 22.7 Å². The van der Waals surface area contributed by atoms with Gasteiger partial charge in [0.25, 0.3) is 0 Å². The van der Waals surface area contributed by atoms with Crippen LogP contribution in [-0.2, 0) is 26.0 Å². The van der Waals surface area contributed by atoms with Crippen LogP contribution >= 0.6 is 11.6 Å². The van der Waals surface area contributed by atoms with E-state index in [2.05, 4.69) is 5.32 Å². The van der Waals surface area contributed by atoms with Gasteiger partial charge in [0.15, 0.2) is 0 Å². The van der Waals surface area contributed by atoms with Crippen LogP contribution in [0.2, 0.25) is 5.02 Å². The van der Waals surface area contributed by atoms with Crippen LogP contribution in [0.3, 0.4) is 0 Å². The largest absolute Gasteiger partial charge is 0.352 e. The number of anilines is 1. The zero-order chi connectivity index (χ0) is 25.6. The summed E-state index contributed by atoms with van der Waals surface area (Å²) < 4.78 is 26.5. The number of sulfonamides is 1. The van der Waals surface area contributed by atoms with Crippen LogP contribution in [0.5, 0.6) is 0 Å². The molecular weight excluding hydrogens is 486 g/mol. The molecule has 3 rings (SSSR count). The average Bonchev–Trinajstić information content (AvgIpc) is 3.32. The Bertz CT molecular complexity index is 1130. The van der Waals surface area contributed by atoms with Crippen LogP contribution in [0.1, 0.15) is 43.7 Å². The number of nitrogens with one attached hydrogen (secondary N) is 1. The third-order valence-corrected chi connectivity index (χ3v) is 7.83. The highest BCUT2D eigenvalue weighted by Crippen LogP contribution is 2.26. The predicted octanol–water partition coefficient (Wildman–Crippen LogP) is 3.93. The molecule has 2 aromatic rings. The molecule has 0 aromatic heterocycles. The van der Waals surface area contributed by atoms with Crippen LogP contribution in [0.4, 0.5) is 5.69 Å². The molecule has 7 nitrogen and oxygen atoms in total. The van der Waals surface area contributed by atoms with E-state index in [1.54, 1.807) is 26.0 Å². The number of carbonyl (C=O) groups is 2. The van der Waals surface area contributed by atoms with Crippen molar-refractivity contribution >= 4 is 39.1 Å². The smallest absolute Gasteiger partial charge is 0.244 e. The number of hydrogen-bond donors (Lipinski definition) is 1. The molecular formula is C26H34ClN3O4S. The fourth-order valence-electron chi connectivity index (χ4n) is 4.41. The molecule has 0 spiro atoms. The molecule has 0 aliphatic heterocycles. The molecule has 1 saturated carbocycles. The second-order valence-corrected chi connectivity index (χ2v) is 11.5. The van der Waals surface area contributed by atoms with Crippen molar-refractivity contribution in [3.63, 3.8) is 0 Å². The number of rotatable bonds is 10. The Morgan fingerprint density at radius 3 is 2.40 bits per heavy atom. The lowest BCUT2D eigenvalue weighted by atomic mass is 10.1.